The first-order valence-corrected chi connectivity index (χ1v) is 16.0. The van der Waals surface area contributed by atoms with Crippen molar-refractivity contribution in [3.8, 4) is 17.0 Å². The highest BCUT2D eigenvalue weighted by Gasteiger charge is 2.34. The number of amides is 2. The molecule has 0 bridgehead atoms. The number of oxazole rings is 1. The molecule has 3 fully saturated rings. The van der Waals surface area contributed by atoms with E-state index in [4.69, 9.17) is 34.6 Å². The number of nitrogens with zero attached hydrogens (tertiary/aromatic N) is 4. The van der Waals surface area contributed by atoms with E-state index in [2.05, 4.69) is 6.07 Å². The summed E-state index contributed by atoms with van der Waals surface area (Å²) in [5.74, 6) is 3.74. The van der Waals surface area contributed by atoms with Crippen LogP contribution in [0.1, 0.15) is 93.3 Å². The van der Waals surface area contributed by atoms with Crippen LogP contribution < -0.4 is 15.4 Å². The molecular weight excluding hydrogens is 558 g/mol. The lowest BCUT2D eigenvalue weighted by Gasteiger charge is -2.35. The number of nitrogens with two attached hydrogens (primary N) is 1. The second-order valence-corrected chi connectivity index (χ2v) is 12.8. The van der Waals surface area contributed by atoms with Crippen LogP contribution in [0.2, 0.25) is 0 Å². The monoisotopic (exact) mass is 601 g/mol. The van der Waals surface area contributed by atoms with E-state index in [-0.39, 0.29) is 17.7 Å². The smallest absolute Gasteiger partial charge is 0.404 e. The fourth-order valence-corrected chi connectivity index (χ4v) is 6.87. The second-order valence-electron chi connectivity index (χ2n) is 12.8. The van der Waals surface area contributed by atoms with E-state index in [1.807, 2.05) is 30.0 Å². The fourth-order valence-electron chi connectivity index (χ4n) is 6.87. The molecule has 6 rings (SSSR count). The molecule has 3 aromatic rings. The summed E-state index contributed by atoms with van der Waals surface area (Å²) in [6.07, 6.45) is 12.3. The number of carbonyl (C=O) groups is 2. The van der Waals surface area contributed by atoms with Gasteiger partial charge in [0.1, 0.15) is 23.5 Å². The highest BCUT2D eigenvalue weighted by molar-refractivity contribution is 5.94. The molecule has 10 nitrogen and oxygen atoms in total. The van der Waals surface area contributed by atoms with Crippen molar-refractivity contribution in [3.63, 3.8) is 0 Å². The molecule has 0 unspecified atom stereocenters. The summed E-state index contributed by atoms with van der Waals surface area (Å²) in [6, 6.07) is 8.01. The SMILES string of the molecule is COc1ccc([C@H]2CC[C@H](CN(c3cc(-c4coc(C5CC5)n4)ccn3)C(=O)[C@H]3CC[C@H](COC(N)=O)CC3)CC2)nc1C. The van der Waals surface area contributed by atoms with E-state index in [9.17, 15) is 9.59 Å². The quantitative estimate of drug-likeness (QED) is 0.277. The van der Waals surface area contributed by atoms with Gasteiger partial charge in [-0.2, -0.15) is 0 Å². The second kappa shape index (κ2) is 13.4. The maximum absolute atomic E-state index is 14.2. The summed E-state index contributed by atoms with van der Waals surface area (Å²) in [6.45, 7) is 2.94. The van der Waals surface area contributed by atoms with Crippen LogP contribution in [0.15, 0.2) is 41.1 Å². The minimum atomic E-state index is -0.746. The van der Waals surface area contributed by atoms with Gasteiger partial charge < -0.3 is 19.6 Å². The van der Waals surface area contributed by atoms with Crippen molar-refractivity contribution in [2.24, 2.45) is 23.5 Å². The molecule has 0 aromatic carbocycles. The van der Waals surface area contributed by atoms with Gasteiger partial charge in [0.25, 0.3) is 0 Å². The molecule has 0 radical (unpaired) electrons. The molecule has 3 aliphatic rings. The molecule has 0 saturated heterocycles. The highest BCUT2D eigenvalue weighted by Crippen LogP contribution is 2.41. The minimum absolute atomic E-state index is 0.0957. The Bertz CT molecular complexity index is 1450. The molecule has 3 heterocycles. The average molecular weight is 602 g/mol. The molecule has 10 heteroatoms. The third kappa shape index (κ3) is 7.05. The molecule has 0 aliphatic heterocycles. The number of carbonyl (C=O) groups excluding carboxylic acids is 2. The third-order valence-electron chi connectivity index (χ3n) is 9.67. The number of hydrogen-bond acceptors (Lipinski definition) is 8. The number of rotatable bonds is 10. The molecule has 2 N–H and O–H groups in total. The lowest BCUT2D eigenvalue weighted by Crippen LogP contribution is -2.42. The molecular formula is C34H43N5O5. The van der Waals surface area contributed by atoms with E-state index in [0.717, 1.165) is 98.5 Å². The van der Waals surface area contributed by atoms with Crippen molar-refractivity contribution < 1.29 is 23.5 Å². The van der Waals surface area contributed by atoms with E-state index in [1.54, 1.807) is 19.6 Å². The van der Waals surface area contributed by atoms with Crippen LogP contribution in [0.25, 0.3) is 11.3 Å². The van der Waals surface area contributed by atoms with Gasteiger partial charge in [-0.1, -0.05) is 0 Å². The normalized spacial score (nSPS) is 23.6. The minimum Gasteiger partial charge on any atom is -0.495 e. The predicted octanol–water partition coefficient (Wildman–Crippen LogP) is 6.53. The maximum Gasteiger partial charge on any atom is 0.404 e. The van der Waals surface area contributed by atoms with E-state index < -0.39 is 6.09 Å². The van der Waals surface area contributed by atoms with E-state index >= 15 is 0 Å². The van der Waals surface area contributed by atoms with Crippen LogP contribution in [-0.2, 0) is 9.53 Å². The summed E-state index contributed by atoms with van der Waals surface area (Å²) in [5, 5.41) is 0. The number of aromatic nitrogens is 3. The molecule has 0 spiro atoms. The van der Waals surface area contributed by atoms with Gasteiger partial charge in [0.2, 0.25) is 5.91 Å². The number of hydrogen-bond donors (Lipinski definition) is 1. The van der Waals surface area contributed by atoms with Gasteiger partial charge in [-0.3, -0.25) is 14.7 Å². The van der Waals surface area contributed by atoms with Crippen molar-refractivity contribution >= 4 is 17.8 Å². The Kier molecular flexibility index (Phi) is 9.14. The van der Waals surface area contributed by atoms with Gasteiger partial charge in [0.15, 0.2) is 5.89 Å². The van der Waals surface area contributed by atoms with Gasteiger partial charge >= 0.3 is 6.09 Å². The topological polar surface area (TPSA) is 134 Å². The number of anilines is 1. The zero-order valence-corrected chi connectivity index (χ0v) is 25.7. The first kappa shape index (κ1) is 30.1. The zero-order valence-electron chi connectivity index (χ0n) is 25.7. The van der Waals surface area contributed by atoms with Crippen LogP contribution in [0.5, 0.6) is 5.75 Å². The molecule has 44 heavy (non-hydrogen) atoms. The number of primary amides is 1. The predicted molar refractivity (Wildman–Crippen MR) is 165 cm³/mol. The zero-order chi connectivity index (χ0) is 30.6. The van der Waals surface area contributed by atoms with Crippen LogP contribution in [0, 0.1) is 24.7 Å². The number of pyridine rings is 2. The maximum atomic E-state index is 14.2. The Morgan fingerprint density at radius 3 is 2.36 bits per heavy atom. The van der Waals surface area contributed by atoms with E-state index in [0.29, 0.717) is 36.7 Å². The molecule has 2 amide bonds. The third-order valence-corrected chi connectivity index (χ3v) is 9.67. The molecule has 3 saturated carbocycles. The van der Waals surface area contributed by atoms with Gasteiger partial charge in [-0.25, -0.2) is 14.8 Å². The summed E-state index contributed by atoms with van der Waals surface area (Å²) in [7, 11) is 1.67. The van der Waals surface area contributed by atoms with Crippen molar-refractivity contribution in [3.05, 3.63) is 54.0 Å². The fraction of sp³-hybridized carbons (Fsp3) is 0.559. The Hall–Kier alpha value is -3.95. The van der Waals surface area contributed by atoms with Gasteiger partial charge in [0.05, 0.1) is 19.4 Å². The average Bonchev–Trinajstić information content (AvgIpc) is 3.78. The molecule has 3 aliphatic carbocycles. The van der Waals surface area contributed by atoms with Crippen LogP contribution in [0.4, 0.5) is 10.6 Å². The number of methoxy groups -OCH3 is 1. The van der Waals surface area contributed by atoms with Crippen LogP contribution in [-0.4, -0.2) is 47.2 Å². The molecule has 0 atom stereocenters. The molecule has 3 aromatic heterocycles. The highest BCUT2D eigenvalue weighted by atomic mass is 16.5. The van der Waals surface area contributed by atoms with Crippen molar-refractivity contribution in [2.75, 3.05) is 25.2 Å². The first-order valence-electron chi connectivity index (χ1n) is 16.0. The Morgan fingerprint density at radius 1 is 0.955 bits per heavy atom. The first-order chi connectivity index (χ1) is 21.4. The Balaban J connectivity index is 1.17. The van der Waals surface area contributed by atoms with Gasteiger partial charge in [0, 0.05) is 41.8 Å². The Labute approximate surface area is 258 Å². The lowest BCUT2D eigenvalue weighted by atomic mass is 9.79. The summed E-state index contributed by atoms with van der Waals surface area (Å²) in [5.41, 5.74) is 8.89. The van der Waals surface area contributed by atoms with Crippen LogP contribution >= 0.6 is 0 Å². The Morgan fingerprint density at radius 2 is 1.68 bits per heavy atom. The standard InChI is InChI=1S/C34H43N5O5/c1-21-30(42-2)14-13-28(37-21)24-7-3-22(4-8-24)18-39(33(40)26-9-5-23(6-10-26)19-44-34(35)41)31-17-27(15-16-36-31)29-20-43-32(38-29)25-11-12-25/h13-17,20,22-26H,3-12,18-19H2,1-2H3,(H2,35,41)/t22-,23-,24-,26-. The van der Waals surface area contributed by atoms with E-state index in [1.165, 1.54) is 0 Å². The number of ether oxygens (including phenoxy) is 2. The largest absolute Gasteiger partial charge is 0.495 e. The summed E-state index contributed by atoms with van der Waals surface area (Å²) < 4.78 is 16.2. The summed E-state index contributed by atoms with van der Waals surface area (Å²) in [4.78, 5) is 41.5. The van der Waals surface area contributed by atoms with Crippen molar-refractivity contribution in [1.82, 2.24) is 15.0 Å². The summed E-state index contributed by atoms with van der Waals surface area (Å²) >= 11 is 0. The lowest BCUT2D eigenvalue weighted by molar-refractivity contribution is -0.124. The van der Waals surface area contributed by atoms with Crippen molar-refractivity contribution in [2.45, 2.75) is 83.0 Å². The van der Waals surface area contributed by atoms with Crippen molar-refractivity contribution in [1.29, 1.82) is 0 Å². The molecule has 234 valence electrons. The van der Waals surface area contributed by atoms with Gasteiger partial charge in [-0.05, 0) is 107 Å². The van der Waals surface area contributed by atoms with Crippen LogP contribution in [0.3, 0.4) is 0 Å². The number of aryl methyl sites for hydroxylation is 1. The van der Waals surface area contributed by atoms with Gasteiger partial charge in [-0.15, -0.1) is 0 Å².